The van der Waals surface area contributed by atoms with Crippen molar-refractivity contribution in [3.05, 3.63) is 57.9 Å². The minimum Gasteiger partial charge on any atom is -0.478 e. The quantitative estimate of drug-likeness (QED) is 0.584. The maximum atomic E-state index is 15.4. The molecule has 0 aliphatic heterocycles. The Morgan fingerprint density at radius 2 is 1.55 bits per heavy atom. The normalized spacial score (nSPS) is 21.0. The van der Waals surface area contributed by atoms with Gasteiger partial charge in [-0.15, -0.1) is 0 Å². The second-order valence-electron chi connectivity index (χ2n) is 7.22. The molecule has 14 heteroatoms. The summed E-state index contributed by atoms with van der Waals surface area (Å²) in [5.41, 5.74) is -11.5. The summed E-state index contributed by atoms with van der Waals surface area (Å²) in [5, 5.41) is 18.8. The fourth-order valence-electron chi connectivity index (χ4n) is 3.68. The van der Waals surface area contributed by atoms with Crippen LogP contribution in [0.2, 0.25) is 0 Å². The average Bonchev–Trinajstić information content (AvgIpc) is 2.77. The third-order valence-corrected chi connectivity index (χ3v) is 5.16. The first kappa shape index (κ1) is 25.4. The number of hydrogen-bond acceptors (Lipinski definition) is 6. The van der Waals surface area contributed by atoms with Crippen LogP contribution in [-0.4, -0.2) is 39.8 Å². The van der Waals surface area contributed by atoms with E-state index in [4.69, 9.17) is 0 Å². The van der Waals surface area contributed by atoms with Crippen LogP contribution in [-0.2, 0) is 24.9 Å². The van der Waals surface area contributed by atoms with E-state index in [1.165, 1.54) is 0 Å². The molecule has 1 aliphatic carbocycles. The zero-order valence-corrected chi connectivity index (χ0v) is 16.4. The van der Waals surface area contributed by atoms with E-state index in [2.05, 4.69) is 9.88 Å². The standard InChI is InChI=1S/C19H12F6O8/c1-18(2,7-5-3-4-6(14(26)27)8(7)15(28)29)9-10(16(30)32-24)19(23,17(31)33-25)13(22)12(21)11(9)20/h3-5,10H,1-2H3,(H,26,27)(H,28,29). The van der Waals surface area contributed by atoms with Crippen molar-refractivity contribution in [2.24, 2.45) is 5.92 Å². The second kappa shape index (κ2) is 8.60. The van der Waals surface area contributed by atoms with Gasteiger partial charge in [0.2, 0.25) is 0 Å². The molecule has 0 saturated heterocycles. The van der Waals surface area contributed by atoms with E-state index in [1.54, 1.807) is 0 Å². The van der Waals surface area contributed by atoms with Crippen molar-refractivity contribution >= 4 is 23.9 Å². The molecule has 0 heterocycles. The summed E-state index contributed by atoms with van der Waals surface area (Å²) in [7, 11) is 0. The number of carbonyl (C=O) groups excluding carboxylic acids is 2. The first-order valence-corrected chi connectivity index (χ1v) is 8.60. The van der Waals surface area contributed by atoms with E-state index in [-0.39, 0.29) is 0 Å². The van der Waals surface area contributed by atoms with Crippen LogP contribution in [0.15, 0.2) is 41.3 Å². The van der Waals surface area contributed by atoms with E-state index in [0.29, 0.717) is 0 Å². The highest BCUT2D eigenvalue weighted by molar-refractivity contribution is 6.03. The molecule has 33 heavy (non-hydrogen) atoms. The van der Waals surface area contributed by atoms with Gasteiger partial charge in [0.25, 0.3) is 5.67 Å². The van der Waals surface area contributed by atoms with Crippen LogP contribution in [0.25, 0.3) is 0 Å². The first-order valence-electron chi connectivity index (χ1n) is 8.60. The maximum Gasteiger partial charge on any atom is 0.394 e. The van der Waals surface area contributed by atoms with E-state index >= 15 is 4.39 Å². The molecule has 1 aliphatic rings. The van der Waals surface area contributed by atoms with Gasteiger partial charge in [0.1, 0.15) is 5.92 Å². The summed E-state index contributed by atoms with van der Waals surface area (Å²) in [4.78, 5) is 52.2. The largest absolute Gasteiger partial charge is 0.478 e. The van der Waals surface area contributed by atoms with E-state index < -0.39 is 80.6 Å². The molecule has 0 amide bonds. The molecular weight excluding hydrogens is 470 g/mol. The van der Waals surface area contributed by atoms with Crippen molar-refractivity contribution in [1.82, 2.24) is 0 Å². The summed E-state index contributed by atoms with van der Waals surface area (Å²) in [6, 6.07) is 2.61. The molecule has 0 bridgehead atoms. The van der Waals surface area contributed by atoms with Crippen molar-refractivity contribution < 1.29 is 65.9 Å². The van der Waals surface area contributed by atoms with Crippen molar-refractivity contribution in [3.63, 3.8) is 0 Å². The van der Waals surface area contributed by atoms with Crippen LogP contribution in [0.1, 0.15) is 40.1 Å². The van der Waals surface area contributed by atoms with Crippen molar-refractivity contribution in [2.45, 2.75) is 24.9 Å². The fraction of sp³-hybridized carbons (Fsp3) is 0.263. The Hall–Kier alpha value is -3.84. The number of carboxylic acids is 2. The number of halogens is 6. The third kappa shape index (κ3) is 3.70. The Kier molecular flexibility index (Phi) is 6.62. The summed E-state index contributed by atoms with van der Waals surface area (Å²) < 4.78 is 84.2. The molecule has 0 saturated carbocycles. The Morgan fingerprint density at radius 1 is 0.970 bits per heavy atom. The lowest BCUT2D eigenvalue weighted by Gasteiger charge is -2.39. The number of carbonyl (C=O) groups is 4. The molecule has 2 N–H and O–H groups in total. The fourth-order valence-corrected chi connectivity index (χ4v) is 3.68. The highest BCUT2D eigenvalue weighted by Crippen LogP contribution is 2.53. The van der Waals surface area contributed by atoms with Gasteiger partial charge in [-0.3, -0.25) is 9.88 Å². The van der Waals surface area contributed by atoms with Gasteiger partial charge >= 0.3 is 23.9 Å². The van der Waals surface area contributed by atoms with E-state index in [0.717, 1.165) is 32.0 Å². The van der Waals surface area contributed by atoms with E-state index in [9.17, 15) is 51.6 Å². The highest BCUT2D eigenvalue weighted by atomic mass is 19.3. The van der Waals surface area contributed by atoms with Crippen molar-refractivity contribution in [2.75, 3.05) is 0 Å². The van der Waals surface area contributed by atoms with Gasteiger partial charge in [0.15, 0.2) is 17.5 Å². The van der Waals surface area contributed by atoms with E-state index in [1.807, 2.05) is 0 Å². The minimum absolute atomic E-state index is 0.706. The number of rotatable bonds is 6. The van der Waals surface area contributed by atoms with Gasteiger partial charge < -0.3 is 10.2 Å². The summed E-state index contributed by atoms with van der Waals surface area (Å²) >= 11 is 0. The zero-order valence-electron chi connectivity index (χ0n) is 16.4. The Balaban J connectivity index is 3.03. The second-order valence-corrected chi connectivity index (χ2v) is 7.22. The lowest BCUT2D eigenvalue weighted by molar-refractivity contribution is -0.210. The topological polar surface area (TPSA) is 127 Å². The molecule has 1 aromatic carbocycles. The Morgan fingerprint density at radius 3 is 2.00 bits per heavy atom. The van der Waals surface area contributed by atoms with Crippen LogP contribution in [0.5, 0.6) is 0 Å². The molecule has 8 nitrogen and oxygen atoms in total. The molecule has 2 atom stereocenters. The van der Waals surface area contributed by atoms with Crippen LogP contribution >= 0.6 is 0 Å². The average molecular weight is 482 g/mol. The molecule has 2 rings (SSSR count). The molecule has 0 radical (unpaired) electrons. The van der Waals surface area contributed by atoms with Gasteiger partial charge in [-0.2, -0.15) is 0 Å². The summed E-state index contributed by atoms with van der Waals surface area (Å²) in [6.45, 7) is 1.59. The predicted molar refractivity (Wildman–Crippen MR) is 92.5 cm³/mol. The smallest absolute Gasteiger partial charge is 0.394 e. The minimum atomic E-state index is -4.81. The number of hydrogen-bond donors (Lipinski definition) is 2. The third-order valence-electron chi connectivity index (χ3n) is 5.16. The molecule has 0 spiro atoms. The zero-order chi connectivity index (χ0) is 25.5. The molecule has 2 unspecified atom stereocenters. The van der Waals surface area contributed by atoms with Crippen molar-refractivity contribution in [3.8, 4) is 0 Å². The molecule has 178 valence electrons. The highest BCUT2D eigenvalue weighted by Gasteiger charge is 2.65. The summed E-state index contributed by atoms with van der Waals surface area (Å²) in [5.74, 6) is -20.6. The van der Waals surface area contributed by atoms with Gasteiger partial charge in [0.05, 0.1) is 11.1 Å². The van der Waals surface area contributed by atoms with Gasteiger partial charge in [-0.25, -0.2) is 36.7 Å². The molecule has 0 aromatic heterocycles. The van der Waals surface area contributed by atoms with Gasteiger partial charge in [0, 0.05) is 14.5 Å². The van der Waals surface area contributed by atoms with Gasteiger partial charge in [-0.1, -0.05) is 26.0 Å². The Bertz CT molecular complexity index is 1130. The number of alkyl halides is 1. The number of aromatic carboxylic acids is 2. The van der Waals surface area contributed by atoms with Crippen LogP contribution in [0, 0.1) is 5.92 Å². The molecule has 0 fully saturated rings. The first-order chi connectivity index (χ1) is 15.2. The number of allylic oxidation sites excluding steroid dienone is 2. The van der Waals surface area contributed by atoms with Crippen molar-refractivity contribution in [1.29, 1.82) is 0 Å². The van der Waals surface area contributed by atoms with Crippen LogP contribution < -0.4 is 0 Å². The lowest BCUT2D eigenvalue weighted by atomic mass is 9.64. The SMILES string of the molecule is CC(C)(C1=C(F)C(F)=C(F)C(F)(C(=O)OF)C1C(=O)OF)c1cccc(C(=O)O)c1C(=O)O. The monoisotopic (exact) mass is 482 g/mol. The molecular formula is C19H12F6O8. The summed E-state index contributed by atoms with van der Waals surface area (Å²) in [6.07, 6.45) is 0. The van der Waals surface area contributed by atoms with Crippen LogP contribution in [0.3, 0.4) is 0 Å². The van der Waals surface area contributed by atoms with Gasteiger partial charge in [-0.05, 0) is 17.2 Å². The van der Waals surface area contributed by atoms with Crippen LogP contribution in [0.4, 0.5) is 26.6 Å². The maximum absolute atomic E-state index is 15.4. The number of carboxylic acid groups (broad SMARTS) is 2. The number of benzene rings is 1. The Labute approximate surface area is 179 Å². The predicted octanol–water partition coefficient (Wildman–Crippen LogP) is 3.93. The molecule has 1 aromatic rings. The lowest BCUT2D eigenvalue weighted by Crippen LogP contribution is -2.52.